The number of benzene rings is 1. The smallest absolute Gasteiger partial charge is 0.270 e. The number of thioether (sulfide) groups is 1. The van der Waals surface area contributed by atoms with Crippen molar-refractivity contribution in [2.24, 2.45) is 17.8 Å². The number of aromatic nitrogens is 2. The fourth-order valence-electron chi connectivity index (χ4n) is 8.19. The molecular formula is C49H75N7O6S2. The molecule has 15 heteroatoms. The first-order chi connectivity index (χ1) is 30.8. The number of rotatable bonds is 27. The number of amides is 4. The van der Waals surface area contributed by atoms with E-state index in [0.717, 1.165) is 67.8 Å². The number of pyridine rings is 1. The van der Waals surface area contributed by atoms with Crippen LogP contribution >= 0.6 is 23.1 Å². The molecule has 2 aromatic heterocycles. The summed E-state index contributed by atoms with van der Waals surface area (Å²) in [6, 6.07) is 11.2. The Morgan fingerprint density at radius 3 is 2.42 bits per heavy atom. The van der Waals surface area contributed by atoms with Crippen molar-refractivity contribution in [1.82, 2.24) is 35.7 Å². The third-order valence-electron chi connectivity index (χ3n) is 12.1. The molecule has 1 aromatic carbocycles. The van der Waals surface area contributed by atoms with Gasteiger partial charge in [-0.1, -0.05) is 79.5 Å². The molecule has 1 saturated heterocycles. The topological polar surface area (TPSA) is 166 Å². The zero-order valence-corrected chi connectivity index (χ0v) is 41.1. The van der Waals surface area contributed by atoms with Crippen LogP contribution in [-0.4, -0.2) is 112 Å². The summed E-state index contributed by atoms with van der Waals surface area (Å²) in [5.41, 5.74) is 1.18. The maximum absolute atomic E-state index is 14.8. The minimum absolute atomic E-state index is 0.0627. The van der Waals surface area contributed by atoms with E-state index in [1.807, 2.05) is 63.1 Å². The maximum atomic E-state index is 14.8. The van der Waals surface area contributed by atoms with Gasteiger partial charge in [-0.2, -0.15) is 0 Å². The van der Waals surface area contributed by atoms with Crippen molar-refractivity contribution in [3.63, 3.8) is 0 Å². The molecule has 3 heterocycles. The number of aromatic hydroxyl groups is 1. The van der Waals surface area contributed by atoms with Gasteiger partial charge in [-0.05, 0) is 100 Å². The molecule has 354 valence electrons. The van der Waals surface area contributed by atoms with E-state index in [1.165, 1.54) is 11.3 Å². The molecule has 7 atom stereocenters. The third-order valence-corrected chi connectivity index (χ3v) is 14.1. The summed E-state index contributed by atoms with van der Waals surface area (Å²) in [4.78, 5) is 69.0. The molecule has 1 fully saturated rings. The quantitative estimate of drug-likeness (QED) is 0.0434. The van der Waals surface area contributed by atoms with Gasteiger partial charge in [-0.3, -0.25) is 24.1 Å². The van der Waals surface area contributed by atoms with Crippen LogP contribution in [0, 0.1) is 17.8 Å². The van der Waals surface area contributed by atoms with Crippen molar-refractivity contribution >= 4 is 46.7 Å². The lowest BCUT2D eigenvalue weighted by Gasteiger charge is -2.40. The van der Waals surface area contributed by atoms with Crippen molar-refractivity contribution in [1.29, 1.82) is 0 Å². The van der Waals surface area contributed by atoms with Gasteiger partial charge in [-0.15, -0.1) is 23.1 Å². The van der Waals surface area contributed by atoms with Crippen LogP contribution in [0.4, 0.5) is 0 Å². The molecule has 1 aliphatic rings. The first kappa shape index (κ1) is 52.6. The van der Waals surface area contributed by atoms with E-state index in [0.29, 0.717) is 44.0 Å². The Kier molecular flexibility index (Phi) is 22.5. The Hall–Kier alpha value is -4.05. The van der Waals surface area contributed by atoms with Crippen molar-refractivity contribution in [2.75, 3.05) is 39.0 Å². The summed E-state index contributed by atoms with van der Waals surface area (Å²) in [5.74, 6) is 0.0191. The van der Waals surface area contributed by atoms with E-state index in [-0.39, 0.29) is 64.9 Å². The molecule has 3 aromatic rings. The Morgan fingerprint density at radius 1 is 1.00 bits per heavy atom. The molecule has 64 heavy (non-hydrogen) atoms. The average Bonchev–Trinajstić information content (AvgIpc) is 3.79. The van der Waals surface area contributed by atoms with Crippen LogP contribution in [0.25, 0.3) is 0 Å². The van der Waals surface area contributed by atoms with Gasteiger partial charge in [0.2, 0.25) is 17.7 Å². The highest BCUT2D eigenvalue weighted by Gasteiger charge is 2.38. The van der Waals surface area contributed by atoms with Crippen LogP contribution in [0.2, 0.25) is 0 Å². The number of hydrogen-bond acceptors (Lipinski definition) is 11. The molecule has 13 nitrogen and oxygen atoms in total. The van der Waals surface area contributed by atoms with E-state index < -0.39 is 18.2 Å². The zero-order chi connectivity index (χ0) is 46.6. The molecular weight excluding hydrogens is 847 g/mol. The molecule has 0 saturated carbocycles. The van der Waals surface area contributed by atoms with Gasteiger partial charge in [0.25, 0.3) is 5.91 Å². The van der Waals surface area contributed by atoms with Gasteiger partial charge < -0.3 is 30.7 Å². The second-order valence-electron chi connectivity index (χ2n) is 17.7. The van der Waals surface area contributed by atoms with E-state index >= 15 is 0 Å². The number of likely N-dealkylation sites (N-methyl/N-ethyl adjacent to an activating group) is 1. The average molecular weight is 922 g/mol. The van der Waals surface area contributed by atoms with Crippen molar-refractivity contribution in [2.45, 2.75) is 148 Å². The molecule has 0 bridgehead atoms. The lowest BCUT2D eigenvalue weighted by Crippen LogP contribution is -2.58. The monoisotopic (exact) mass is 922 g/mol. The lowest BCUT2D eigenvalue weighted by molar-refractivity contribution is -0.143. The van der Waals surface area contributed by atoms with Gasteiger partial charge >= 0.3 is 0 Å². The Bertz CT molecular complexity index is 1870. The molecule has 4 N–H and O–H groups in total. The van der Waals surface area contributed by atoms with Crippen molar-refractivity contribution in [3.8, 4) is 5.75 Å². The molecule has 4 rings (SSSR count). The molecule has 1 aliphatic heterocycles. The molecule has 0 spiro atoms. The van der Waals surface area contributed by atoms with Crippen molar-refractivity contribution in [3.05, 3.63) is 70.3 Å². The summed E-state index contributed by atoms with van der Waals surface area (Å²) in [7, 11) is 1.98. The van der Waals surface area contributed by atoms with E-state index in [9.17, 15) is 24.3 Å². The van der Waals surface area contributed by atoms with E-state index in [2.05, 4.69) is 53.5 Å². The highest BCUT2D eigenvalue weighted by molar-refractivity contribution is 7.99. The largest absolute Gasteiger partial charge is 0.508 e. The first-order valence-electron chi connectivity index (χ1n) is 23.5. The number of carbonyl (C=O) groups excluding carboxylic acids is 4. The molecule has 4 amide bonds. The Labute approximate surface area is 390 Å². The van der Waals surface area contributed by atoms with Crippen LogP contribution in [-0.2, 0) is 25.5 Å². The predicted octanol–water partition coefficient (Wildman–Crippen LogP) is 8.05. The fraction of sp³-hybridized carbons (Fsp3) is 0.633. The predicted molar refractivity (Wildman–Crippen MR) is 257 cm³/mol. The maximum Gasteiger partial charge on any atom is 0.270 e. The van der Waals surface area contributed by atoms with Crippen LogP contribution in [0.5, 0.6) is 5.75 Å². The fourth-order valence-corrected chi connectivity index (χ4v) is 9.85. The zero-order valence-electron chi connectivity index (χ0n) is 39.5. The molecule has 0 aliphatic carbocycles. The van der Waals surface area contributed by atoms with Crippen LogP contribution < -0.4 is 16.0 Å². The summed E-state index contributed by atoms with van der Waals surface area (Å²) in [6.07, 6.45) is 8.53. The number of phenols is 1. The number of thiazole rings is 1. The number of ether oxygens (including phenoxy) is 1. The highest BCUT2D eigenvalue weighted by atomic mass is 32.2. The number of nitrogens with one attached hydrogen (secondary N) is 3. The number of likely N-dealkylation sites (tertiary alicyclic amines) is 1. The van der Waals surface area contributed by atoms with Gasteiger partial charge in [-0.25, -0.2) is 9.97 Å². The number of nitrogens with zero attached hydrogens (tertiary/aromatic N) is 4. The van der Waals surface area contributed by atoms with Gasteiger partial charge in [0.15, 0.2) is 0 Å². The summed E-state index contributed by atoms with van der Waals surface area (Å²) in [6.45, 7) is 16.7. The summed E-state index contributed by atoms with van der Waals surface area (Å²) >= 11 is 3.02. The van der Waals surface area contributed by atoms with Crippen molar-refractivity contribution < 1.29 is 29.0 Å². The number of piperidine rings is 1. The summed E-state index contributed by atoms with van der Waals surface area (Å²) in [5, 5.41) is 22.7. The van der Waals surface area contributed by atoms with Gasteiger partial charge in [0.05, 0.1) is 11.1 Å². The second-order valence-corrected chi connectivity index (χ2v) is 19.7. The SMILES string of the molecule is CCCO[C@H](C[C@H](C(C)C)N(CCC)C(=O)[C@@H](NC(=O)[C@H]1CCCCN1C)C(C)CC)c1nc(C(=O)N[C@@H](Cc2ccc(O)cc2)C[C@H](C)C(=O)NCCCSc2ccccn2)cs1. The first-order valence-corrected chi connectivity index (χ1v) is 25.4. The van der Waals surface area contributed by atoms with Crippen LogP contribution in [0.1, 0.15) is 133 Å². The lowest BCUT2D eigenvalue weighted by atomic mass is 9.92. The Morgan fingerprint density at radius 2 is 1.77 bits per heavy atom. The number of carbonyl (C=O) groups is 4. The second kappa shape index (κ2) is 27.4. The Balaban J connectivity index is 1.49. The number of hydrogen-bond donors (Lipinski definition) is 4. The normalized spacial score (nSPS) is 17.2. The van der Waals surface area contributed by atoms with Gasteiger partial charge in [0, 0.05) is 61.4 Å². The number of phenolic OH excluding ortho intramolecular Hbond substituents is 1. The molecule has 1 unspecified atom stereocenters. The third kappa shape index (κ3) is 16.4. The van der Waals surface area contributed by atoms with E-state index in [1.54, 1.807) is 35.5 Å². The van der Waals surface area contributed by atoms with Crippen LogP contribution in [0.15, 0.2) is 59.1 Å². The minimum Gasteiger partial charge on any atom is -0.508 e. The minimum atomic E-state index is -0.657. The van der Waals surface area contributed by atoms with Crippen LogP contribution in [0.3, 0.4) is 0 Å². The highest BCUT2D eigenvalue weighted by Crippen LogP contribution is 2.32. The molecule has 0 radical (unpaired) electrons. The summed E-state index contributed by atoms with van der Waals surface area (Å²) < 4.78 is 6.50. The standard InChI is InChI=1S/C49H75N7O6S2/c1-9-25-56(49(61)44(34(6)11-3)54-47(60)40-17-13-15-26-55(40)8)41(33(4)5)31-42(62-27-10-2)48-53-39(32-64-48)46(59)52-37(30-36-19-21-38(57)22-20-36)29-35(7)45(58)51-24-16-28-63-43-18-12-14-23-50-43/h12,14,18-23,32-35,37,40-42,44,57H,9-11,13,15-17,24-31H2,1-8H3,(H,51,58)(H,52,59)(H,54,60)/t34?,35-,37+,40+,41+,42+,44-/m0/s1. The van der Waals surface area contributed by atoms with Gasteiger partial charge in [0.1, 0.15) is 28.6 Å². The van der Waals surface area contributed by atoms with E-state index in [4.69, 9.17) is 9.72 Å².